The number of anilines is 2. The second kappa shape index (κ2) is 9.27. The van der Waals surface area contributed by atoms with Crippen molar-refractivity contribution >= 4 is 49.2 Å². The molecular formula is C21H19BrN4O4S. The van der Waals surface area contributed by atoms with Gasteiger partial charge in [-0.05, 0) is 43.7 Å². The highest BCUT2D eigenvalue weighted by atomic mass is 79.9. The molecule has 0 spiro atoms. The van der Waals surface area contributed by atoms with Crippen molar-refractivity contribution in [3.63, 3.8) is 0 Å². The van der Waals surface area contributed by atoms with E-state index in [0.717, 1.165) is 27.2 Å². The Hall–Kier alpha value is -3.24. The van der Waals surface area contributed by atoms with Crippen LogP contribution in [0.3, 0.4) is 0 Å². The van der Waals surface area contributed by atoms with Gasteiger partial charge in [-0.3, -0.25) is 20.3 Å². The van der Waals surface area contributed by atoms with Gasteiger partial charge >= 0.3 is 0 Å². The van der Waals surface area contributed by atoms with Crippen LogP contribution in [0, 0.1) is 24.0 Å². The van der Waals surface area contributed by atoms with E-state index in [0.29, 0.717) is 5.69 Å². The van der Waals surface area contributed by atoms with Gasteiger partial charge in [-0.25, -0.2) is 8.42 Å². The number of nitro benzene ring substituents is 1. The number of nitrogens with one attached hydrogen (secondary N) is 2. The predicted octanol–water partition coefficient (Wildman–Crippen LogP) is 5.22. The van der Waals surface area contributed by atoms with Crippen LogP contribution in [0.4, 0.5) is 17.1 Å². The number of hydrogen-bond donors (Lipinski definition) is 2. The van der Waals surface area contributed by atoms with E-state index in [4.69, 9.17) is 0 Å². The van der Waals surface area contributed by atoms with Crippen LogP contribution in [0.15, 0.2) is 75.1 Å². The molecule has 0 saturated carbocycles. The van der Waals surface area contributed by atoms with Crippen LogP contribution in [0.25, 0.3) is 0 Å². The first-order valence-corrected chi connectivity index (χ1v) is 11.4. The molecule has 0 aromatic heterocycles. The number of rotatable bonds is 7. The maximum Gasteiger partial charge on any atom is 0.295 e. The van der Waals surface area contributed by atoms with Crippen molar-refractivity contribution in [1.29, 1.82) is 0 Å². The summed E-state index contributed by atoms with van der Waals surface area (Å²) in [6.45, 7) is 3.68. The topological polar surface area (TPSA) is 114 Å². The van der Waals surface area contributed by atoms with E-state index in [1.54, 1.807) is 19.1 Å². The summed E-state index contributed by atoms with van der Waals surface area (Å²) >= 11 is 3.39. The molecule has 3 aromatic carbocycles. The van der Waals surface area contributed by atoms with E-state index >= 15 is 0 Å². The van der Waals surface area contributed by atoms with E-state index in [1.807, 2.05) is 37.3 Å². The van der Waals surface area contributed by atoms with Crippen molar-refractivity contribution in [3.8, 4) is 0 Å². The van der Waals surface area contributed by atoms with Crippen LogP contribution >= 0.6 is 15.9 Å². The summed E-state index contributed by atoms with van der Waals surface area (Å²) in [7, 11) is -4.02. The van der Waals surface area contributed by atoms with E-state index in [1.165, 1.54) is 18.3 Å². The molecule has 0 atom stereocenters. The van der Waals surface area contributed by atoms with Crippen LogP contribution < -0.4 is 10.1 Å². The zero-order chi connectivity index (χ0) is 22.6. The van der Waals surface area contributed by atoms with Crippen molar-refractivity contribution in [1.82, 2.24) is 0 Å². The Morgan fingerprint density at radius 1 is 1.03 bits per heavy atom. The number of hydrogen-bond acceptors (Lipinski definition) is 6. The third kappa shape index (κ3) is 5.47. The molecule has 0 aliphatic heterocycles. The van der Waals surface area contributed by atoms with Crippen LogP contribution in [0.2, 0.25) is 0 Å². The fourth-order valence-electron chi connectivity index (χ4n) is 2.81. The minimum absolute atomic E-state index is 0.0683. The molecule has 0 saturated heterocycles. The number of nitro groups is 1. The first-order chi connectivity index (χ1) is 14.7. The van der Waals surface area contributed by atoms with Gasteiger partial charge in [-0.1, -0.05) is 51.8 Å². The number of sulfonamides is 1. The minimum atomic E-state index is -4.02. The summed E-state index contributed by atoms with van der Waals surface area (Å²) in [5.41, 5.74) is 5.19. The largest absolute Gasteiger partial charge is 0.295 e. The maximum absolute atomic E-state index is 12.8. The normalized spacial score (nSPS) is 11.5. The molecule has 3 aromatic rings. The molecule has 0 fully saturated rings. The third-order valence-corrected chi connectivity index (χ3v) is 6.48. The molecule has 0 unspecified atom stereocenters. The SMILES string of the molecule is Cc1ccc(NS(=O)(=O)c2ccc(N/N=C/c3ccccc3Br)c([N+](=O)[O-])c2)c(C)c1. The van der Waals surface area contributed by atoms with Crippen LogP contribution in [-0.2, 0) is 10.0 Å². The van der Waals surface area contributed by atoms with Crippen LogP contribution in [-0.4, -0.2) is 19.6 Å². The molecule has 10 heteroatoms. The molecule has 0 aliphatic carbocycles. The van der Waals surface area contributed by atoms with Crippen molar-refractivity contribution in [2.24, 2.45) is 5.10 Å². The second-order valence-corrected chi connectivity index (χ2v) is 9.29. The fraction of sp³-hybridized carbons (Fsp3) is 0.0952. The van der Waals surface area contributed by atoms with Crippen LogP contribution in [0.1, 0.15) is 16.7 Å². The molecule has 160 valence electrons. The first kappa shape index (κ1) is 22.4. The molecule has 2 N–H and O–H groups in total. The molecule has 0 amide bonds. The average molecular weight is 503 g/mol. The Labute approximate surface area is 188 Å². The van der Waals surface area contributed by atoms with E-state index in [2.05, 4.69) is 31.2 Å². The lowest BCUT2D eigenvalue weighted by Crippen LogP contribution is -2.14. The molecule has 0 heterocycles. The van der Waals surface area contributed by atoms with E-state index < -0.39 is 20.6 Å². The fourth-order valence-corrected chi connectivity index (χ4v) is 4.34. The molecule has 0 aliphatic rings. The van der Waals surface area contributed by atoms with Crippen molar-refractivity contribution in [2.75, 3.05) is 10.1 Å². The number of benzene rings is 3. The monoisotopic (exact) mass is 502 g/mol. The van der Waals surface area contributed by atoms with Gasteiger partial charge in [0.1, 0.15) is 5.69 Å². The zero-order valence-corrected chi connectivity index (χ0v) is 19.1. The van der Waals surface area contributed by atoms with Crippen molar-refractivity contribution in [2.45, 2.75) is 18.7 Å². The van der Waals surface area contributed by atoms with Gasteiger partial charge in [0.05, 0.1) is 21.7 Å². The van der Waals surface area contributed by atoms with Crippen molar-refractivity contribution < 1.29 is 13.3 Å². The van der Waals surface area contributed by atoms with E-state index in [-0.39, 0.29) is 10.6 Å². The third-order valence-electron chi connectivity index (χ3n) is 4.40. The van der Waals surface area contributed by atoms with Gasteiger partial charge in [-0.2, -0.15) is 5.10 Å². The van der Waals surface area contributed by atoms with Gasteiger partial charge < -0.3 is 0 Å². The number of nitrogens with zero attached hydrogens (tertiary/aromatic N) is 2. The number of halogens is 1. The maximum atomic E-state index is 12.8. The van der Waals surface area contributed by atoms with Gasteiger partial charge in [0.2, 0.25) is 0 Å². The number of hydrazone groups is 1. The quantitative estimate of drug-likeness (QED) is 0.261. The van der Waals surface area contributed by atoms with Gasteiger partial charge in [-0.15, -0.1) is 0 Å². The second-order valence-electron chi connectivity index (χ2n) is 6.75. The average Bonchev–Trinajstić information content (AvgIpc) is 2.71. The zero-order valence-electron chi connectivity index (χ0n) is 16.7. The molecule has 8 nitrogen and oxygen atoms in total. The molecule has 0 radical (unpaired) electrons. The van der Waals surface area contributed by atoms with Gasteiger partial charge in [0, 0.05) is 16.1 Å². The van der Waals surface area contributed by atoms with Crippen LogP contribution in [0.5, 0.6) is 0 Å². The standard InChI is InChI=1S/C21H19BrN4O4S/c1-14-7-9-19(15(2)11-14)25-31(29,30)17-8-10-20(21(12-17)26(27)28)24-23-13-16-5-3-4-6-18(16)22/h3-13,24-25H,1-2H3/b23-13+. The molecule has 31 heavy (non-hydrogen) atoms. The first-order valence-electron chi connectivity index (χ1n) is 9.09. The summed E-state index contributed by atoms with van der Waals surface area (Å²) < 4.78 is 28.8. The molecule has 0 bridgehead atoms. The highest BCUT2D eigenvalue weighted by molar-refractivity contribution is 9.10. The Morgan fingerprint density at radius 2 is 1.74 bits per heavy atom. The van der Waals surface area contributed by atoms with E-state index in [9.17, 15) is 18.5 Å². The highest BCUT2D eigenvalue weighted by Crippen LogP contribution is 2.29. The summed E-state index contributed by atoms with van der Waals surface area (Å²) in [6.07, 6.45) is 1.50. The summed E-state index contributed by atoms with van der Waals surface area (Å²) in [6, 6.07) is 16.2. The highest BCUT2D eigenvalue weighted by Gasteiger charge is 2.22. The Bertz CT molecular complexity index is 1280. The van der Waals surface area contributed by atoms with Gasteiger partial charge in [0.15, 0.2) is 0 Å². The summed E-state index contributed by atoms with van der Waals surface area (Å²) in [4.78, 5) is 10.6. The molecular weight excluding hydrogens is 484 g/mol. The Morgan fingerprint density at radius 3 is 2.42 bits per heavy atom. The Kier molecular flexibility index (Phi) is 6.71. The lowest BCUT2D eigenvalue weighted by molar-refractivity contribution is -0.384. The number of aryl methyl sites for hydroxylation is 2. The Balaban J connectivity index is 1.87. The smallest absolute Gasteiger partial charge is 0.279 e. The van der Waals surface area contributed by atoms with Crippen molar-refractivity contribution in [3.05, 3.63) is 91.9 Å². The lowest BCUT2D eigenvalue weighted by Gasteiger charge is -2.12. The summed E-state index contributed by atoms with van der Waals surface area (Å²) in [5.74, 6) is 0. The molecule has 3 rings (SSSR count). The van der Waals surface area contributed by atoms with Gasteiger partial charge in [0.25, 0.3) is 15.7 Å². The predicted molar refractivity (Wildman–Crippen MR) is 125 cm³/mol. The lowest BCUT2D eigenvalue weighted by atomic mass is 10.1. The summed E-state index contributed by atoms with van der Waals surface area (Å²) in [5, 5.41) is 15.5. The minimum Gasteiger partial charge on any atom is -0.279 e.